The molecule has 0 saturated carbocycles. The van der Waals surface area contributed by atoms with Crippen LogP contribution in [-0.4, -0.2) is 58.4 Å². The Kier molecular flexibility index (Phi) is 9.32. The van der Waals surface area contributed by atoms with Gasteiger partial charge < -0.3 is 19.6 Å². The zero-order valence-electron chi connectivity index (χ0n) is 23.7. The van der Waals surface area contributed by atoms with Crippen molar-refractivity contribution < 1.29 is 18.7 Å². The van der Waals surface area contributed by atoms with Crippen LogP contribution in [0.1, 0.15) is 68.4 Å². The van der Waals surface area contributed by atoms with Gasteiger partial charge in [-0.1, -0.05) is 67.5 Å². The first-order valence-corrected chi connectivity index (χ1v) is 18.5. The number of rotatable bonds is 10. The fraction of sp³-hybridized carbons (Fsp3) is 0.556. The largest absolute Gasteiger partial charge is 0.456 e. The van der Waals surface area contributed by atoms with Crippen LogP contribution >= 0.6 is 21.6 Å². The standard InChI is InChI=1S/C27H39N5O4S2Si/c1-8-37-38-17(2)18-11-9-10-12-19(18)26(33)36-20-13-22(32-16-31-23-24(28)29-15-30-25(23)32)35-21(20)14-34-39(6,7)27(3,4)5/h9-12,15-17,20-22H,8,13-14H2,1-7H3,(H2,28,29,30)/t17?,20-,21-,22-/m1/s1. The molecule has 1 aliphatic rings. The van der Waals surface area contributed by atoms with E-state index in [2.05, 4.69) is 62.7 Å². The molecular weight excluding hydrogens is 551 g/mol. The number of ether oxygens (including phenoxy) is 2. The number of anilines is 1. The van der Waals surface area contributed by atoms with Crippen LogP contribution in [0.15, 0.2) is 36.9 Å². The maximum absolute atomic E-state index is 13.6. The lowest BCUT2D eigenvalue weighted by Crippen LogP contribution is -2.44. The van der Waals surface area contributed by atoms with Gasteiger partial charge in [-0.2, -0.15) is 0 Å². The van der Waals surface area contributed by atoms with Crippen molar-refractivity contribution in [3.05, 3.63) is 48.0 Å². The molecule has 9 nitrogen and oxygen atoms in total. The van der Waals surface area contributed by atoms with E-state index in [9.17, 15) is 4.79 Å². The molecule has 12 heteroatoms. The number of esters is 1. The van der Waals surface area contributed by atoms with E-state index in [0.717, 1.165) is 11.3 Å². The van der Waals surface area contributed by atoms with E-state index in [4.69, 9.17) is 19.6 Å². The minimum atomic E-state index is -2.06. The van der Waals surface area contributed by atoms with E-state index in [1.807, 2.05) is 28.8 Å². The average molecular weight is 590 g/mol. The molecule has 1 fully saturated rings. The summed E-state index contributed by atoms with van der Waals surface area (Å²) >= 11 is 0. The number of nitrogens with two attached hydrogens (primary N) is 1. The Labute approximate surface area is 239 Å². The van der Waals surface area contributed by atoms with Crippen LogP contribution in [0.25, 0.3) is 11.2 Å². The number of hydrogen-bond donors (Lipinski definition) is 1. The van der Waals surface area contributed by atoms with Crippen LogP contribution in [0.4, 0.5) is 5.82 Å². The summed E-state index contributed by atoms with van der Waals surface area (Å²) in [6.45, 7) is 15.6. The van der Waals surface area contributed by atoms with Crippen molar-refractivity contribution in [3.63, 3.8) is 0 Å². The molecule has 3 aromatic rings. The van der Waals surface area contributed by atoms with E-state index in [1.54, 1.807) is 27.9 Å². The van der Waals surface area contributed by atoms with E-state index in [0.29, 0.717) is 35.6 Å². The number of carbonyl (C=O) groups excluding carboxylic acids is 1. The molecule has 1 aliphatic heterocycles. The van der Waals surface area contributed by atoms with Gasteiger partial charge in [-0.05, 0) is 36.7 Å². The molecule has 212 valence electrons. The highest BCUT2D eigenvalue weighted by molar-refractivity contribution is 8.76. The molecule has 0 bridgehead atoms. The molecule has 4 atom stereocenters. The van der Waals surface area contributed by atoms with Crippen LogP contribution in [0.2, 0.25) is 18.1 Å². The predicted octanol–water partition coefficient (Wildman–Crippen LogP) is 6.41. The first-order valence-electron chi connectivity index (χ1n) is 13.2. The Bertz CT molecular complexity index is 1300. The Balaban J connectivity index is 1.59. The van der Waals surface area contributed by atoms with Gasteiger partial charge in [0.1, 0.15) is 30.3 Å². The first kappa shape index (κ1) is 29.8. The average Bonchev–Trinajstić information content (AvgIpc) is 3.50. The smallest absolute Gasteiger partial charge is 0.338 e. The lowest BCUT2D eigenvalue weighted by atomic mass is 10.0. The van der Waals surface area contributed by atoms with Crippen molar-refractivity contribution in [2.24, 2.45) is 0 Å². The number of benzene rings is 1. The highest BCUT2D eigenvalue weighted by Crippen LogP contribution is 2.41. The summed E-state index contributed by atoms with van der Waals surface area (Å²) in [4.78, 5) is 26.4. The third kappa shape index (κ3) is 6.62. The molecule has 1 unspecified atom stereocenters. The summed E-state index contributed by atoms with van der Waals surface area (Å²) in [6.07, 6.45) is 2.10. The minimum absolute atomic E-state index is 0.0371. The van der Waals surface area contributed by atoms with Gasteiger partial charge in [0, 0.05) is 17.4 Å². The third-order valence-corrected chi connectivity index (χ3v) is 14.9. The molecule has 0 amide bonds. The highest BCUT2D eigenvalue weighted by atomic mass is 33.1. The maximum atomic E-state index is 13.6. The Morgan fingerprint density at radius 2 is 2.00 bits per heavy atom. The van der Waals surface area contributed by atoms with Gasteiger partial charge in [-0.3, -0.25) is 4.57 Å². The molecule has 1 aromatic carbocycles. The Morgan fingerprint density at radius 1 is 1.26 bits per heavy atom. The van der Waals surface area contributed by atoms with Gasteiger partial charge in [0.2, 0.25) is 0 Å². The first-order chi connectivity index (χ1) is 18.4. The second kappa shape index (κ2) is 12.2. The number of nitrogens with zero attached hydrogens (tertiary/aromatic N) is 4. The molecule has 2 N–H and O–H groups in total. The van der Waals surface area contributed by atoms with Gasteiger partial charge in [0.05, 0.1) is 18.5 Å². The molecule has 0 radical (unpaired) electrons. The fourth-order valence-corrected chi connectivity index (χ4v) is 7.19. The van der Waals surface area contributed by atoms with Crippen LogP contribution in [0.5, 0.6) is 0 Å². The van der Waals surface area contributed by atoms with Crippen LogP contribution in [-0.2, 0) is 13.9 Å². The summed E-state index contributed by atoms with van der Waals surface area (Å²) in [5.41, 5.74) is 8.64. The SMILES string of the molecule is CCSSC(C)c1ccccc1C(=O)O[C@@H]1C[C@H](n2cnc3c(N)ncnc32)O[C@@H]1CO[Si](C)(C)C(C)(C)C. The van der Waals surface area contributed by atoms with Crippen LogP contribution in [0, 0.1) is 0 Å². The monoisotopic (exact) mass is 589 g/mol. The van der Waals surface area contributed by atoms with E-state index in [-0.39, 0.29) is 16.3 Å². The van der Waals surface area contributed by atoms with Crippen LogP contribution in [0.3, 0.4) is 0 Å². The van der Waals surface area contributed by atoms with Crippen molar-refractivity contribution in [2.75, 3.05) is 18.1 Å². The topological polar surface area (TPSA) is 114 Å². The van der Waals surface area contributed by atoms with Crippen molar-refractivity contribution in [1.29, 1.82) is 0 Å². The minimum Gasteiger partial charge on any atom is -0.456 e. The molecule has 1 saturated heterocycles. The molecule has 0 spiro atoms. The van der Waals surface area contributed by atoms with E-state index < -0.39 is 26.8 Å². The number of nitrogen functional groups attached to an aromatic ring is 1. The number of aromatic nitrogens is 4. The predicted molar refractivity (Wildman–Crippen MR) is 161 cm³/mol. The summed E-state index contributed by atoms with van der Waals surface area (Å²) < 4.78 is 21.0. The summed E-state index contributed by atoms with van der Waals surface area (Å²) in [5, 5.41) is 0.182. The summed E-state index contributed by atoms with van der Waals surface area (Å²) in [5.74, 6) is 0.952. The van der Waals surface area contributed by atoms with E-state index >= 15 is 0 Å². The molecule has 3 heterocycles. The lowest BCUT2D eigenvalue weighted by Gasteiger charge is -2.37. The molecule has 39 heavy (non-hydrogen) atoms. The van der Waals surface area contributed by atoms with Crippen molar-refractivity contribution in [1.82, 2.24) is 19.5 Å². The van der Waals surface area contributed by atoms with Gasteiger partial charge in [0.15, 0.2) is 19.8 Å². The number of hydrogen-bond acceptors (Lipinski definition) is 10. The summed E-state index contributed by atoms with van der Waals surface area (Å²) in [7, 11) is 1.47. The number of carbonyl (C=O) groups is 1. The fourth-order valence-electron chi connectivity index (χ4n) is 4.19. The van der Waals surface area contributed by atoms with Crippen molar-refractivity contribution in [3.8, 4) is 0 Å². The molecular formula is C27H39N5O4S2Si. The molecule has 4 rings (SSSR count). The Hall–Kier alpha value is -2.12. The number of fused-ring (bicyclic) bond motifs is 1. The Morgan fingerprint density at radius 3 is 2.72 bits per heavy atom. The van der Waals surface area contributed by atoms with Gasteiger partial charge >= 0.3 is 5.97 Å². The normalized spacial score (nSPS) is 20.8. The second-order valence-corrected chi connectivity index (χ2v) is 19.0. The molecule has 0 aliphatic carbocycles. The van der Waals surface area contributed by atoms with Crippen LogP contribution < -0.4 is 5.73 Å². The number of imidazole rings is 1. The maximum Gasteiger partial charge on any atom is 0.338 e. The summed E-state index contributed by atoms with van der Waals surface area (Å²) in [6, 6.07) is 7.67. The zero-order chi connectivity index (χ0) is 28.4. The van der Waals surface area contributed by atoms with Gasteiger partial charge in [-0.15, -0.1) is 0 Å². The highest BCUT2D eigenvalue weighted by Gasteiger charge is 2.43. The van der Waals surface area contributed by atoms with Crippen molar-refractivity contribution in [2.45, 2.75) is 82.9 Å². The quantitative estimate of drug-likeness (QED) is 0.162. The van der Waals surface area contributed by atoms with Crippen molar-refractivity contribution >= 4 is 52.9 Å². The van der Waals surface area contributed by atoms with E-state index in [1.165, 1.54) is 6.33 Å². The lowest BCUT2D eigenvalue weighted by molar-refractivity contribution is -0.0476. The van der Waals surface area contributed by atoms with Gasteiger partial charge in [-0.25, -0.2) is 19.7 Å². The second-order valence-electron chi connectivity index (χ2n) is 11.2. The zero-order valence-corrected chi connectivity index (χ0v) is 26.3. The van der Waals surface area contributed by atoms with Gasteiger partial charge in [0.25, 0.3) is 0 Å². The molecule has 2 aromatic heterocycles. The third-order valence-electron chi connectivity index (χ3n) is 7.50.